The van der Waals surface area contributed by atoms with E-state index in [4.69, 9.17) is 9.84 Å². The van der Waals surface area contributed by atoms with Gasteiger partial charge in [-0.05, 0) is 28.9 Å². The summed E-state index contributed by atoms with van der Waals surface area (Å²) in [5, 5.41) is 19.9. The first-order valence-electron chi connectivity index (χ1n) is 8.14. The van der Waals surface area contributed by atoms with Crippen LogP contribution >= 0.6 is 0 Å². The molecular formula is C21H20O4. The van der Waals surface area contributed by atoms with Crippen LogP contribution in [0.3, 0.4) is 0 Å². The molecule has 0 aliphatic heterocycles. The SMILES string of the molecule is O=C(O)CC1(O)C=C(OCc2ccccc2)C=C(c2ccccc2)C1. The fourth-order valence-corrected chi connectivity index (χ4v) is 2.95. The molecule has 25 heavy (non-hydrogen) atoms. The molecule has 4 nitrogen and oxygen atoms in total. The van der Waals surface area contributed by atoms with E-state index >= 15 is 0 Å². The van der Waals surface area contributed by atoms with E-state index in [1.54, 1.807) is 0 Å². The molecule has 2 N–H and O–H groups in total. The molecule has 1 atom stereocenters. The molecule has 1 aliphatic carbocycles. The van der Waals surface area contributed by atoms with E-state index in [1.165, 1.54) is 6.08 Å². The van der Waals surface area contributed by atoms with Gasteiger partial charge >= 0.3 is 5.97 Å². The molecular weight excluding hydrogens is 316 g/mol. The molecule has 0 heterocycles. The van der Waals surface area contributed by atoms with E-state index in [-0.39, 0.29) is 12.8 Å². The number of carboxylic acid groups (broad SMARTS) is 1. The lowest BCUT2D eigenvalue weighted by molar-refractivity contribution is -0.140. The molecule has 0 amide bonds. The Hall–Kier alpha value is -2.85. The number of carbonyl (C=O) groups is 1. The molecule has 0 aromatic heterocycles. The lowest BCUT2D eigenvalue weighted by Gasteiger charge is -2.29. The normalized spacial score (nSPS) is 19.7. The minimum Gasteiger partial charge on any atom is -0.489 e. The zero-order chi connectivity index (χ0) is 17.7. The second-order valence-corrected chi connectivity index (χ2v) is 6.21. The van der Waals surface area contributed by atoms with Crippen LogP contribution in [-0.2, 0) is 16.1 Å². The third-order valence-electron chi connectivity index (χ3n) is 4.07. The summed E-state index contributed by atoms with van der Waals surface area (Å²) < 4.78 is 5.83. The van der Waals surface area contributed by atoms with Crippen molar-refractivity contribution >= 4 is 11.5 Å². The number of aliphatic hydroxyl groups is 1. The Bertz CT molecular complexity index is 793. The van der Waals surface area contributed by atoms with Gasteiger partial charge in [-0.2, -0.15) is 0 Å². The van der Waals surface area contributed by atoms with Gasteiger partial charge in [0.2, 0.25) is 0 Å². The zero-order valence-corrected chi connectivity index (χ0v) is 13.8. The maximum absolute atomic E-state index is 11.2. The van der Waals surface area contributed by atoms with Crippen molar-refractivity contribution in [3.05, 3.63) is 89.7 Å². The van der Waals surface area contributed by atoms with Crippen molar-refractivity contribution in [3.8, 4) is 0 Å². The Morgan fingerprint density at radius 3 is 2.32 bits per heavy atom. The Labute approximate surface area is 146 Å². The van der Waals surface area contributed by atoms with Crippen LogP contribution < -0.4 is 0 Å². The fraction of sp³-hybridized carbons (Fsp3) is 0.190. The Balaban J connectivity index is 1.86. The summed E-state index contributed by atoms with van der Waals surface area (Å²) in [6.45, 7) is 0.356. The first-order valence-corrected chi connectivity index (χ1v) is 8.14. The summed E-state index contributed by atoms with van der Waals surface area (Å²) >= 11 is 0. The molecule has 0 radical (unpaired) electrons. The van der Waals surface area contributed by atoms with Gasteiger partial charge in [-0.25, -0.2) is 0 Å². The van der Waals surface area contributed by atoms with Gasteiger partial charge in [0.1, 0.15) is 18.0 Å². The van der Waals surface area contributed by atoms with Gasteiger partial charge in [0.15, 0.2) is 0 Å². The first kappa shape index (κ1) is 17.0. The highest BCUT2D eigenvalue weighted by Gasteiger charge is 2.33. The maximum atomic E-state index is 11.2. The summed E-state index contributed by atoms with van der Waals surface area (Å²) in [5.41, 5.74) is 1.35. The van der Waals surface area contributed by atoms with Crippen LogP contribution in [0.5, 0.6) is 0 Å². The van der Waals surface area contributed by atoms with Crippen molar-refractivity contribution < 1.29 is 19.7 Å². The average Bonchev–Trinajstić information content (AvgIpc) is 2.60. The molecule has 1 aliphatic rings. The van der Waals surface area contributed by atoms with E-state index in [0.717, 1.165) is 16.7 Å². The molecule has 0 fully saturated rings. The molecule has 0 bridgehead atoms. The Morgan fingerprint density at radius 1 is 1.04 bits per heavy atom. The minimum atomic E-state index is -1.46. The largest absolute Gasteiger partial charge is 0.489 e. The van der Waals surface area contributed by atoms with Gasteiger partial charge in [0.05, 0.1) is 6.42 Å². The van der Waals surface area contributed by atoms with Crippen molar-refractivity contribution in [2.75, 3.05) is 0 Å². The standard InChI is InChI=1S/C21H20O4/c22-20(23)14-21(24)12-18(17-9-5-2-6-10-17)11-19(13-21)25-15-16-7-3-1-4-8-16/h1-11,13,24H,12,14-15H2,(H,22,23). The first-order chi connectivity index (χ1) is 12.0. The second kappa shape index (κ2) is 7.36. The summed E-state index contributed by atoms with van der Waals surface area (Å²) in [4.78, 5) is 11.2. The van der Waals surface area contributed by atoms with Crippen molar-refractivity contribution in [2.24, 2.45) is 0 Å². The predicted molar refractivity (Wildman–Crippen MR) is 95.6 cm³/mol. The fourth-order valence-electron chi connectivity index (χ4n) is 2.95. The van der Waals surface area contributed by atoms with E-state index in [9.17, 15) is 9.90 Å². The Kier molecular flexibility index (Phi) is 5.00. The van der Waals surface area contributed by atoms with Gasteiger partial charge in [-0.1, -0.05) is 60.7 Å². The molecule has 3 rings (SSSR count). The van der Waals surface area contributed by atoms with Crippen LogP contribution in [0.2, 0.25) is 0 Å². The van der Waals surface area contributed by atoms with Gasteiger partial charge in [-0.15, -0.1) is 0 Å². The van der Waals surface area contributed by atoms with Crippen LogP contribution in [0.4, 0.5) is 0 Å². The van der Waals surface area contributed by atoms with E-state index in [0.29, 0.717) is 12.4 Å². The lowest BCUT2D eigenvalue weighted by Crippen LogP contribution is -2.32. The topological polar surface area (TPSA) is 66.8 Å². The van der Waals surface area contributed by atoms with E-state index in [2.05, 4.69) is 0 Å². The summed E-state index contributed by atoms with van der Waals surface area (Å²) in [6.07, 6.45) is 3.25. The minimum absolute atomic E-state index is 0.238. The number of carboxylic acids is 1. The number of ether oxygens (including phenoxy) is 1. The highest BCUT2D eigenvalue weighted by Crippen LogP contribution is 2.35. The van der Waals surface area contributed by atoms with Gasteiger partial charge in [0.25, 0.3) is 0 Å². The second-order valence-electron chi connectivity index (χ2n) is 6.21. The molecule has 2 aromatic rings. The van der Waals surface area contributed by atoms with Crippen molar-refractivity contribution in [2.45, 2.75) is 25.0 Å². The van der Waals surface area contributed by atoms with Crippen molar-refractivity contribution in [1.29, 1.82) is 0 Å². The molecule has 4 heteroatoms. The summed E-state index contributed by atoms with van der Waals surface area (Å²) in [6, 6.07) is 19.3. The summed E-state index contributed by atoms with van der Waals surface area (Å²) in [7, 11) is 0. The number of aliphatic carboxylic acids is 1. The zero-order valence-electron chi connectivity index (χ0n) is 13.8. The van der Waals surface area contributed by atoms with E-state index in [1.807, 2.05) is 66.7 Å². The molecule has 0 saturated heterocycles. The number of allylic oxidation sites excluding steroid dienone is 1. The van der Waals surface area contributed by atoms with Crippen LogP contribution in [0.1, 0.15) is 24.0 Å². The van der Waals surface area contributed by atoms with Crippen molar-refractivity contribution in [3.63, 3.8) is 0 Å². The monoisotopic (exact) mass is 336 g/mol. The highest BCUT2D eigenvalue weighted by molar-refractivity contribution is 5.74. The van der Waals surface area contributed by atoms with Crippen LogP contribution in [-0.4, -0.2) is 21.8 Å². The predicted octanol–water partition coefficient (Wildman–Crippen LogP) is 3.78. The molecule has 128 valence electrons. The summed E-state index contributed by atoms with van der Waals surface area (Å²) in [5.74, 6) is -0.562. The van der Waals surface area contributed by atoms with Crippen LogP contribution in [0, 0.1) is 0 Å². The van der Waals surface area contributed by atoms with E-state index < -0.39 is 11.6 Å². The number of rotatable bonds is 6. The van der Waals surface area contributed by atoms with Gasteiger partial charge in [0, 0.05) is 6.42 Å². The average molecular weight is 336 g/mol. The number of hydrogen-bond donors (Lipinski definition) is 2. The molecule has 0 spiro atoms. The highest BCUT2D eigenvalue weighted by atomic mass is 16.5. The third-order valence-corrected chi connectivity index (χ3v) is 4.07. The maximum Gasteiger partial charge on any atom is 0.306 e. The smallest absolute Gasteiger partial charge is 0.306 e. The van der Waals surface area contributed by atoms with Crippen LogP contribution in [0.25, 0.3) is 5.57 Å². The number of hydrogen-bond acceptors (Lipinski definition) is 3. The molecule has 0 saturated carbocycles. The molecule has 1 unspecified atom stereocenters. The Morgan fingerprint density at radius 2 is 1.68 bits per heavy atom. The third kappa shape index (κ3) is 4.58. The number of benzene rings is 2. The lowest BCUT2D eigenvalue weighted by atomic mass is 9.83. The quantitative estimate of drug-likeness (QED) is 0.842. The van der Waals surface area contributed by atoms with Gasteiger partial charge in [-0.3, -0.25) is 4.79 Å². The van der Waals surface area contributed by atoms with Gasteiger partial charge < -0.3 is 14.9 Å². The van der Waals surface area contributed by atoms with Crippen LogP contribution in [0.15, 0.2) is 78.6 Å². The van der Waals surface area contributed by atoms with Crippen molar-refractivity contribution in [1.82, 2.24) is 0 Å². The molecule has 2 aromatic carbocycles.